The molecule has 0 N–H and O–H groups in total. The molecule has 0 fully saturated rings. The van der Waals surface area contributed by atoms with Gasteiger partial charge in [0.05, 0.1) is 11.4 Å². The van der Waals surface area contributed by atoms with E-state index < -0.39 is 0 Å². The molecule has 0 aliphatic carbocycles. The van der Waals surface area contributed by atoms with E-state index in [9.17, 15) is 0 Å². The Hall–Kier alpha value is -1.96. The maximum absolute atomic E-state index is 4.30. The van der Waals surface area contributed by atoms with Crippen LogP contribution in [0.2, 0.25) is 0 Å². The van der Waals surface area contributed by atoms with E-state index in [2.05, 4.69) is 16.5 Å². The first-order valence-electron chi connectivity index (χ1n) is 4.87. The molecule has 0 aliphatic heterocycles. The lowest BCUT2D eigenvalue weighted by Gasteiger charge is -2.01. The number of nitrogens with zero attached hydrogens (tertiary/aromatic N) is 2. The Morgan fingerprint density at radius 1 is 1.07 bits per heavy atom. The number of allylic oxidation sites excluding steroid dienone is 1. The molecule has 0 saturated carbocycles. The molecule has 2 heteroatoms. The van der Waals surface area contributed by atoms with Crippen molar-refractivity contribution in [1.82, 2.24) is 9.97 Å². The first-order chi connectivity index (χ1) is 7.40. The van der Waals surface area contributed by atoms with Gasteiger partial charge < -0.3 is 0 Å². The topological polar surface area (TPSA) is 25.8 Å². The Morgan fingerprint density at radius 2 is 1.93 bits per heavy atom. The third kappa shape index (κ3) is 2.29. The first kappa shape index (κ1) is 9.59. The first-order valence-corrected chi connectivity index (χ1v) is 4.87. The molecule has 0 aliphatic rings. The van der Waals surface area contributed by atoms with Crippen molar-refractivity contribution in [2.45, 2.75) is 6.42 Å². The maximum Gasteiger partial charge on any atom is 0.0888 e. The quantitative estimate of drug-likeness (QED) is 0.705. The second-order valence-corrected chi connectivity index (χ2v) is 3.26. The van der Waals surface area contributed by atoms with E-state index in [-0.39, 0.29) is 0 Å². The van der Waals surface area contributed by atoms with Crippen molar-refractivity contribution in [1.29, 1.82) is 0 Å². The lowest BCUT2D eigenvalue weighted by Crippen LogP contribution is -1.89. The summed E-state index contributed by atoms with van der Waals surface area (Å²) in [7, 11) is 0. The molecule has 0 aromatic carbocycles. The van der Waals surface area contributed by atoms with Crippen molar-refractivity contribution in [2.75, 3.05) is 0 Å². The van der Waals surface area contributed by atoms with Crippen LogP contribution in [-0.2, 0) is 6.42 Å². The number of pyridine rings is 2. The fourth-order valence-electron chi connectivity index (χ4n) is 1.42. The molecule has 0 spiro atoms. The molecule has 2 rings (SSSR count). The summed E-state index contributed by atoms with van der Waals surface area (Å²) < 4.78 is 0. The minimum Gasteiger partial charge on any atom is -0.255 e. The van der Waals surface area contributed by atoms with Gasteiger partial charge in [-0.3, -0.25) is 9.97 Å². The van der Waals surface area contributed by atoms with Crippen LogP contribution in [0.1, 0.15) is 5.56 Å². The summed E-state index contributed by atoms with van der Waals surface area (Å²) in [5, 5.41) is 0. The van der Waals surface area contributed by atoms with Gasteiger partial charge in [-0.15, -0.1) is 6.58 Å². The van der Waals surface area contributed by atoms with E-state index in [4.69, 9.17) is 0 Å². The van der Waals surface area contributed by atoms with Crippen molar-refractivity contribution in [3.63, 3.8) is 0 Å². The third-order valence-electron chi connectivity index (χ3n) is 2.13. The van der Waals surface area contributed by atoms with E-state index in [0.29, 0.717) is 0 Å². The molecule has 0 amide bonds. The van der Waals surface area contributed by atoms with Gasteiger partial charge in [-0.2, -0.15) is 0 Å². The Labute approximate surface area is 89.3 Å². The van der Waals surface area contributed by atoms with Crippen LogP contribution >= 0.6 is 0 Å². The predicted octanol–water partition coefficient (Wildman–Crippen LogP) is 2.87. The van der Waals surface area contributed by atoms with Crippen LogP contribution in [0.4, 0.5) is 0 Å². The largest absolute Gasteiger partial charge is 0.255 e. The van der Waals surface area contributed by atoms with E-state index in [1.165, 1.54) is 5.56 Å². The molecule has 0 radical (unpaired) electrons. The number of aromatic nitrogens is 2. The Kier molecular flexibility index (Phi) is 2.88. The number of hydrogen-bond acceptors (Lipinski definition) is 2. The van der Waals surface area contributed by atoms with Crippen molar-refractivity contribution >= 4 is 0 Å². The van der Waals surface area contributed by atoms with Gasteiger partial charge in [-0.05, 0) is 36.2 Å². The van der Waals surface area contributed by atoms with Gasteiger partial charge in [-0.25, -0.2) is 0 Å². The van der Waals surface area contributed by atoms with E-state index in [0.717, 1.165) is 17.8 Å². The average Bonchev–Trinajstić information content (AvgIpc) is 2.31. The summed E-state index contributed by atoms with van der Waals surface area (Å²) in [6, 6.07) is 9.86. The monoisotopic (exact) mass is 196 g/mol. The molecule has 0 bridgehead atoms. The van der Waals surface area contributed by atoms with Crippen LogP contribution < -0.4 is 0 Å². The van der Waals surface area contributed by atoms with E-state index >= 15 is 0 Å². The van der Waals surface area contributed by atoms with Gasteiger partial charge >= 0.3 is 0 Å². The number of hydrogen-bond donors (Lipinski definition) is 0. The normalized spacial score (nSPS) is 9.87. The standard InChI is InChI=1S/C13H12N2/c1-2-5-11-7-9-15-13(10-11)12-6-3-4-8-14-12/h2-4,6-10H,1,5H2. The fourth-order valence-corrected chi connectivity index (χ4v) is 1.42. The van der Waals surface area contributed by atoms with Crippen LogP contribution in [0.15, 0.2) is 55.4 Å². The van der Waals surface area contributed by atoms with Crippen LogP contribution in [0.25, 0.3) is 11.4 Å². The highest BCUT2D eigenvalue weighted by molar-refractivity contribution is 5.54. The average molecular weight is 196 g/mol. The van der Waals surface area contributed by atoms with Crippen LogP contribution in [-0.4, -0.2) is 9.97 Å². The molecule has 2 heterocycles. The van der Waals surface area contributed by atoms with Crippen molar-refractivity contribution in [3.05, 3.63) is 60.9 Å². The van der Waals surface area contributed by atoms with Gasteiger partial charge in [-0.1, -0.05) is 12.1 Å². The molecule has 2 aromatic heterocycles. The Morgan fingerprint density at radius 3 is 2.67 bits per heavy atom. The van der Waals surface area contributed by atoms with Crippen molar-refractivity contribution in [3.8, 4) is 11.4 Å². The summed E-state index contributed by atoms with van der Waals surface area (Å²) >= 11 is 0. The zero-order valence-corrected chi connectivity index (χ0v) is 8.43. The molecule has 0 saturated heterocycles. The summed E-state index contributed by atoms with van der Waals surface area (Å²) in [6.45, 7) is 3.72. The van der Waals surface area contributed by atoms with E-state index in [1.54, 1.807) is 6.20 Å². The van der Waals surface area contributed by atoms with Crippen LogP contribution in [0.5, 0.6) is 0 Å². The summed E-state index contributed by atoms with van der Waals surface area (Å²) in [6.07, 6.45) is 6.33. The molecular weight excluding hydrogens is 184 g/mol. The smallest absolute Gasteiger partial charge is 0.0888 e. The molecule has 0 atom stereocenters. The van der Waals surface area contributed by atoms with E-state index in [1.807, 2.05) is 42.6 Å². The summed E-state index contributed by atoms with van der Waals surface area (Å²) in [5.74, 6) is 0. The van der Waals surface area contributed by atoms with Gasteiger partial charge in [0.1, 0.15) is 0 Å². The molecule has 74 valence electrons. The molecular formula is C13H12N2. The molecule has 15 heavy (non-hydrogen) atoms. The van der Waals surface area contributed by atoms with Gasteiger partial charge in [0, 0.05) is 12.4 Å². The Bertz CT molecular complexity index is 449. The highest BCUT2D eigenvalue weighted by atomic mass is 14.8. The predicted molar refractivity (Wildman–Crippen MR) is 61.4 cm³/mol. The zero-order valence-electron chi connectivity index (χ0n) is 8.43. The SMILES string of the molecule is C=CCc1ccnc(-c2ccccn2)c1. The third-order valence-corrected chi connectivity index (χ3v) is 2.13. The minimum absolute atomic E-state index is 0.863. The minimum atomic E-state index is 0.863. The van der Waals surface area contributed by atoms with Crippen LogP contribution in [0, 0.1) is 0 Å². The molecule has 2 aromatic rings. The highest BCUT2D eigenvalue weighted by Crippen LogP contribution is 2.14. The Balaban J connectivity index is 2.37. The fraction of sp³-hybridized carbons (Fsp3) is 0.0769. The number of rotatable bonds is 3. The maximum atomic E-state index is 4.30. The van der Waals surface area contributed by atoms with Crippen LogP contribution in [0.3, 0.4) is 0 Å². The zero-order chi connectivity index (χ0) is 10.5. The van der Waals surface area contributed by atoms with Gasteiger partial charge in [0.25, 0.3) is 0 Å². The second kappa shape index (κ2) is 4.51. The molecule has 0 unspecified atom stereocenters. The van der Waals surface area contributed by atoms with Gasteiger partial charge in [0.15, 0.2) is 0 Å². The molecule has 2 nitrogen and oxygen atoms in total. The van der Waals surface area contributed by atoms with Crippen molar-refractivity contribution in [2.24, 2.45) is 0 Å². The summed E-state index contributed by atoms with van der Waals surface area (Å²) in [5.41, 5.74) is 3.03. The van der Waals surface area contributed by atoms with Gasteiger partial charge in [0.2, 0.25) is 0 Å². The second-order valence-electron chi connectivity index (χ2n) is 3.26. The summed E-state index contributed by atoms with van der Waals surface area (Å²) in [4.78, 5) is 8.56. The lowest BCUT2D eigenvalue weighted by atomic mass is 10.1. The highest BCUT2D eigenvalue weighted by Gasteiger charge is 1.99. The van der Waals surface area contributed by atoms with Crippen molar-refractivity contribution < 1.29 is 0 Å². The lowest BCUT2D eigenvalue weighted by molar-refractivity contribution is 1.19.